The van der Waals surface area contributed by atoms with Gasteiger partial charge in [-0.25, -0.2) is 0 Å². The van der Waals surface area contributed by atoms with Gasteiger partial charge >= 0.3 is 0 Å². The summed E-state index contributed by atoms with van der Waals surface area (Å²) in [6.45, 7) is 2.22. The number of aromatic nitrogens is 2. The highest BCUT2D eigenvalue weighted by molar-refractivity contribution is 6.30. The molecule has 102 valence electrons. The average Bonchev–Trinajstić information content (AvgIpc) is 2.85. The van der Waals surface area contributed by atoms with E-state index in [0.717, 1.165) is 18.5 Å². The van der Waals surface area contributed by atoms with Crippen LogP contribution in [0.3, 0.4) is 0 Å². The molecule has 0 spiro atoms. The minimum Gasteiger partial charge on any atom is -0.419 e. The molecule has 6 heteroatoms. The second-order valence-corrected chi connectivity index (χ2v) is 4.82. The number of hydrogen-bond acceptors (Lipinski definition) is 5. The molecule has 1 heterocycles. The minimum atomic E-state index is 0.513. The summed E-state index contributed by atoms with van der Waals surface area (Å²) in [5.74, 6) is 1.11. The number of benzene rings is 1. The van der Waals surface area contributed by atoms with Gasteiger partial charge in [-0.15, -0.1) is 10.2 Å². The Hall–Kier alpha value is -1.43. The maximum Gasteiger partial charge on any atom is 0.247 e. The Balaban J connectivity index is 2.00. The summed E-state index contributed by atoms with van der Waals surface area (Å²) in [5, 5.41) is 8.76. The van der Waals surface area contributed by atoms with Crippen molar-refractivity contribution in [3.05, 3.63) is 35.2 Å². The highest BCUT2D eigenvalue weighted by atomic mass is 35.5. The molecule has 0 saturated heterocycles. The molecule has 0 aliphatic heterocycles. The summed E-state index contributed by atoms with van der Waals surface area (Å²) >= 11 is 5.84. The Labute approximate surface area is 117 Å². The fourth-order valence-corrected chi connectivity index (χ4v) is 1.82. The standard InChI is InChI=1S/C13H17ClN4O/c1-18(8-2-7-15)9-12-16-17-13(19-12)10-3-5-11(14)6-4-10/h3-6H,2,7-9,15H2,1H3. The Morgan fingerprint density at radius 1 is 1.26 bits per heavy atom. The zero-order valence-corrected chi connectivity index (χ0v) is 11.6. The molecule has 0 atom stereocenters. The summed E-state index contributed by atoms with van der Waals surface area (Å²) in [7, 11) is 2.00. The molecule has 0 bridgehead atoms. The monoisotopic (exact) mass is 280 g/mol. The van der Waals surface area contributed by atoms with Crippen molar-refractivity contribution in [3.63, 3.8) is 0 Å². The molecule has 0 unspecified atom stereocenters. The second kappa shape index (κ2) is 6.65. The van der Waals surface area contributed by atoms with E-state index in [1.54, 1.807) is 12.1 Å². The van der Waals surface area contributed by atoms with Gasteiger partial charge in [-0.05, 0) is 50.8 Å². The Bertz CT molecular complexity index is 512. The van der Waals surface area contributed by atoms with E-state index in [-0.39, 0.29) is 0 Å². The van der Waals surface area contributed by atoms with Crippen LogP contribution in [0.2, 0.25) is 5.02 Å². The number of hydrogen-bond donors (Lipinski definition) is 1. The smallest absolute Gasteiger partial charge is 0.247 e. The van der Waals surface area contributed by atoms with Crippen molar-refractivity contribution >= 4 is 11.6 Å². The van der Waals surface area contributed by atoms with Gasteiger partial charge < -0.3 is 10.2 Å². The first-order chi connectivity index (χ1) is 9.19. The normalized spacial score (nSPS) is 11.2. The van der Waals surface area contributed by atoms with Crippen molar-refractivity contribution < 1.29 is 4.42 Å². The van der Waals surface area contributed by atoms with Gasteiger partial charge in [-0.2, -0.15) is 0 Å². The molecular formula is C13H17ClN4O. The number of rotatable bonds is 6. The zero-order chi connectivity index (χ0) is 13.7. The number of nitrogens with two attached hydrogens (primary N) is 1. The lowest BCUT2D eigenvalue weighted by molar-refractivity contribution is 0.288. The molecule has 0 radical (unpaired) electrons. The third kappa shape index (κ3) is 4.02. The van der Waals surface area contributed by atoms with Crippen LogP contribution < -0.4 is 5.73 Å². The summed E-state index contributed by atoms with van der Waals surface area (Å²) in [6.07, 6.45) is 0.953. The lowest BCUT2D eigenvalue weighted by atomic mass is 10.2. The Morgan fingerprint density at radius 3 is 2.68 bits per heavy atom. The van der Waals surface area contributed by atoms with E-state index < -0.39 is 0 Å². The van der Waals surface area contributed by atoms with Gasteiger partial charge in [0.25, 0.3) is 0 Å². The summed E-state index contributed by atoms with van der Waals surface area (Å²) in [6, 6.07) is 7.32. The zero-order valence-electron chi connectivity index (χ0n) is 10.8. The molecule has 2 aromatic rings. The van der Waals surface area contributed by atoms with Crippen LogP contribution >= 0.6 is 11.6 Å². The largest absolute Gasteiger partial charge is 0.419 e. The Kier molecular flexibility index (Phi) is 4.90. The predicted octanol–water partition coefficient (Wildman–Crippen LogP) is 2.17. The van der Waals surface area contributed by atoms with E-state index in [2.05, 4.69) is 15.1 Å². The van der Waals surface area contributed by atoms with Crippen LogP contribution in [-0.4, -0.2) is 35.2 Å². The molecule has 0 fully saturated rings. The SMILES string of the molecule is CN(CCCN)Cc1nnc(-c2ccc(Cl)cc2)o1. The lowest BCUT2D eigenvalue weighted by Gasteiger charge is -2.12. The maximum absolute atomic E-state index is 5.84. The Morgan fingerprint density at radius 2 is 2.00 bits per heavy atom. The van der Waals surface area contributed by atoms with Gasteiger partial charge in [0.1, 0.15) is 0 Å². The van der Waals surface area contributed by atoms with Crippen LogP contribution in [0.15, 0.2) is 28.7 Å². The van der Waals surface area contributed by atoms with E-state index in [1.165, 1.54) is 0 Å². The van der Waals surface area contributed by atoms with Gasteiger partial charge in [0, 0.05) is 10.6 Å². The highest BCUT2D eigenvalue weighted by Crippen LogP contribution is 2.20. The predicted molar refractivity (Wildman–Crippen MR) is 74.7 cm³/mol. The van der Waals surface area contributed by atoms with E-state index >= 15 is 0 Å². The second-order valence-electron chi connectivity index (χ2n) is 4.39. The van der Waals surface area contributed by atoms with Crippen molar-refractivity contribution in [2.75, 3.05) is 20.1 Å². The first-order valence-corrected chi connectivity index (χ1v) is 6.54. The van der Waals surface area contributed by atoms with Crippen molar-refractivity contribution in [2.45, 2.75) is 13.0 Å². The molecule has 0 aliphatic carbocycles. The molecule has 2 N–H and O–H groups in total. The van der Waals surface area contributed by atoms with Crippen molar-refractivity contribution in [2.24, 2.45) is 5.73 Å². The topological polar surface area (TPSA) is 68.2 Å². The molecule has 0 aliphatic rings. The van der Waals surface area contributed by atoms with E-state index in [4.69, 9.17) is 21.8 Å². The summed E-state index contributed by atoms with van der Waals surface area (Å²) in [5.41, 5.74) is 6.34. The van der Waals surface area contributed by atoms with Crippen molar-refractivity contribution in [1.82, 2.24) is 15.1 Å². The molecule has 19 heavy (non-hydrogen) atoms. The first kappa shape index (κ1) is 14.0. The van der Waals surface area contributed by atoms with Gasteiger partial charge in [0.2, 0.25) is 11.8 Å². The van der Waals surface area contributed by atoms with Crippen LogP contribution in [0, 0.1) is 0 Å². The minimum absolute atomic E-state index is 0.513. The van der Waals surface area contributed by atoms with Crippen molar-refractivity contribution in [1.29, 1.82) is 0 Å². The number of halogens is 1. The fourth-order valence-electron chi connectivity index (χ4n) is 1.70. The quantitative estimate of drug-likeness (QED) is 0.878. The molecule has 0 amide bonds. The van der Waals surface area contributed by atoms with Crippen LogP contribution in [0.4, 0.5) is 0 Å². The molecular weight excluding hydrogens is 264 g/mol. The van der Waals surface area contributed by atoms with Crippen LogP contribution in [0.25, 0.3) is 11.5 Å². The summed E-state index contributed by atoms with van der Waals surface area (Å²) < 4.78 is 5.62. The average molecular weight is 281 g/mol. The van der Waals surface area contributed by atoms with E-state index in [0.29, 0.717) is 29.9 Å². The fraction of sp³-hybridized carbons (Fsp3) is 0.385. The van der Waals surface area contributed by atoms with Gasteiger partial charge in [0.15, 0.2) is 0 Å². The summed E-state index contributed by atoms with van der Waals surface area (Å²) in [4.78, 5) is 2.10. The van der Waals surface area contributed by atoms with Gasteiger partial charge in [-0.1, -0.05) is 11.6 Å². The van der Waals surface area contributed by atoms with E-state index in [1.807, 2.05) is 19.2 Å². The van der Waals surface area contributed by atoms with Gasteiger partial charge in [0.05, 0.1) is 6.54 Å². The van der Waals surface area contributed by atoms with Gasteiger partial charge in [-0.3, -0.25) is 4.90 Å². The van der Waals surface area contributed by atoms with Crippen LogP contribution in [0.5, 0.6) is 0 Å². The van der Waals surface area contributed by atoms with Crippen LogP contribution in [-0.2, 0) is 6.54 Å². The molecule has 0 saturated carbocycles. The molecule has 1 aromatic carbocycles. The van der Waals surface area contributed by atoms with Crippen molar-refractivity contribution in [3.8, 4) is 11.5 Å². The lowest BCUT2D eigenvalue weighted by Crippen LogP contribution is -2.21. The first-order valence-electron chi connectivity index (χ1n) is 6.16. The third-order valence-electron chi connectivity index (χ3n) is 2.71. The maximum atomic E-state index is 5.84. The third-order valence-corrected chi connectivity index (χ3v) is 2.96. The molecule has 5 nitrogen and oxygen atoms in total. The molecule has 1 aromatic heterocycles. The highest BCUT2D eigenvalue weighted by Gasteiger charge is 2.10. The molecule has 2 rings (SSSR count). The van der Waals surface area contributed by atoms with E-state index in [9.17, 15) is 0 Å². The number of nitrogens with zero attached hydrogens (tertiary/aromatic N) is 3. The van der Waals surface area contributed by atoms with Crippen LogP contribution in [0.1, 0.15) is 12.3 Å².